The summed E-state index contributed by atoms with van der Waals surface area (Å²) in [5.74, 6) is -0.794. The second-order valence-corrected chi connectivity index (χ2v) is 25.3. The minimum absolute atomic E-state index is 0.0287. The van der Waals surface area contributed by atoms with Crippen molar-refractivity contribution in [2.75, 3.05) is 47.5 Å². The van der Waals surface area contributed by atoms with Crippen molar-refractivity contribution in [1.82, 2.24) is 0 Å². The fourth-order valence-corrected chi connectivity index (χ4v) is 10.1. The molecule has 82 heavy (non-hydrogen) atoms. The van der Waals surface area contributed by atoms with E-state index in [2.05, 4.69) is 111 Å². The lowest BCUT2D eigenvalue weighted by Crippen LogP contribution is -2.37. The summed E-state index contributed by atoms with van der Waals surface area (Å²) >= 11 is 0. The van der Waals surface area contributed by atoms with Crippen LogP contribution in [-0.4, -0.2) is 74.9 Å². The van der Waals surface area contributed by atoms with E-state index in [1.807, 2.05) is 21.1 Å². The number of hydrogen-bond acceptors (Lipinski definition) is 7. The van der Waals surface area contributed by atoms with E-state index < -0.39 is 26.5 Å². The van der Waals surface area contributed by atoms with Crippen LogP contribution < -0.4 is 0 Å². The van der Waals surface area contributed by atoms with Crippen molar-refractivity contribution in [3.05, 3.63) is 97.2 Å². The van der Waals surface area contributed by atoms with Crippen LogP contribution in [0.15, 0.2) is 97.2 Å². The summed E-state index contributed by atoms with van der Waals surface area (Å²) in [7, 11) is 1.48. The van der Waals surface area contributed by atoms with Crippen molar-refractivity contribution in [2.24, 2.45) is 0 Å². The highest BCUT2D eigenvalue weighted by atomic mass is 31.2. The number of carbonyl (C=O) groups excluding carboxylic acids is 2. The molecule has 2 atom stereocenters. The van der Waals surface area contributed by atoms with Gasteiger partial charge in [-0.2, -0.15) is 0 Å². The van der Waals surface area contributed by atoms with E-state index in [9.17, 15) is 19.0 Å². The molecule has 0 aliphatic rings. The fourth-order valence-electron chi connectivity index (χ4n) is 9.40. The van der Waals surface area contributed by atoms with Gasteiger partial charge in [-0.1, -0.05) is 284 Å². The Kier molecular flexibility index (Phi) is 60.1. The number of ether oxygens (including phenoxy) is 2. The molecule has 2 unspecified atom stereocenters. The lowest BCUT2D eigenvalue weighted by atomic mass is 10.0. The number of likely N-dealkylation sites (N-methyl/N-ethyl adjacent to an activating group) is 1. The summed E-state index contributed by atoms with van der Waals surface area (Å²) in [5.41, 5.74) is 0. The van der Waals surface area contributed by atoms with Gasteiger partial charge in [-0.25, -0.2) is 4.57 Å². The first-order valence-corrected chi connectivity index (χ1v) is 35.5. The average molecular weight is 1170 g/mol. The molecule has 0 aromatic rings. The summed E-state index contributed by atoms with van der Waals surface area (Å²) in [6.07, 6.45) is 86.4. The van der Waals surface area contributed by atoms with Crippen molar-refractivity contribution >= 4 is 19.8 Å². The number of esters is 2. The number of phosphoric ester groups is 1. The fraction of sp³-hybridized carbons (Fsp3) is 0.750. The molecule has 0 aromatic carbocycles. The summed E-state index contributed by atoms with van der Waals surface area (Å²) in [5, 5.41) is 0. The first-order chi connectivity index (χ1) is 40.0. The van der Waals surface area contributed by atoms with Gasteiger partial charge in [0.15, 0.2) is 6.10 Å². The molecular formula is C72H129NO8P+. The summed E-state index contributed by atoms with van der Waals surface area (Å²) in [4.78, 5) is 35.9. The second-order valence-electron chi connectivity index (χ2n) is 23.8. The molecule has 0 saturated carbocycles. The summed E-state index contributed by atoms with van der Waals surface area (Å²) in [6, 6.07) is 0. The number of phosphoric acid groups is 1. The topological polar surface area (TPSA) is 108 Å². The maximum atomic E-state index is 12.9. The van der Waals surface area contributed by atoms with Crippen LogP contribution in [0.25, 0.3) is 0 Å². The largest absolute Gasteiger partial charge is 0.472 e. The number of rotatable bonds is 62. The SMILES string of the molecule is CC/C=C\C/C=C\C/C=C\C/C=C\C/C=C\CCCCCCCCCCCCCCCCCC(=O)OC(COC(=O)CCCCCCCCCCCCCC/C=C\C/C=C\C/C=C\CCCCCCC)COP(=O)(O)OCC[N+](C)(C)C. The van der Waals surface area contributed by atoms with E-state index in [1.54, 1.807) is 0 Å². The van der Waals surface area contributed by atoms with Gasteiger partial charge in [-0.3, -0.25) is 18.6 Å². The van der Waals surface area contributed by atoms with Gasteiger partial charge < -0.3 is 18.9 Å². The molecule has 10 heteroatoms. The minimum atomic E-state index is -4.40. The van der Waals surface area contributed by atoms with Crippen LogP contribution >= 0.6 is 7.82 Å². The monoisotopic (exact) mass is 1170 g/mol. The summed E-state index contributed by atoms with van der Waals surface area (Å²) in [6.45, 7) is 4.33. The quantitative estimate of drug-likeness (QED) is 0.0211. The zero-order valence-corrected chi connectivity index (χ0v) is 54.8. The van der Waals surface area contributed by atoms with Crippen molar-refractivity contribution < 1.29 is 42.1 Å². The molecule has 0 amide bonds. The number of hydrogen-bond donors (Lipinski definition) is 1. The Morgan fingerprint density at radius 2 is 0.695 bits per heavy atom. The molecule has 9 nitrogen and oxygen atoms in total. The third kappa shape index (κ3) is 66.1. The van der Waals surface area contributed by atoms with Gasteiger partial charge in [0.05, 0.1) is 27.7 Å². The van der Waals surface area contributed by atoms with Crippen LogP contribution in [-0.2, 0) is 32.7 Å². The van der Waals surface area contributed by atoms with Gasteiger partial charge in [0.25, 0.3) is 0 Å². The number of allylic oxidation sites excluding steroid dienone is 16. The average Bonchev–Trinajstić information content (AvgIpc) is 3.46. The first-order valence-electron chi connectivity index (χ1n) is 34.0. The highest BCUT2D eigenvalue weighted by Gasteiger charge is 2.27. The number of carbonyl (C=O) groups is 2. The molecule has 0 spiro atoms. The van der Waals surface area contributed by atoms with E-state index in [-0.39, 0.29) is 32.0 Å². The Bertz CT molecular complexity index is 1710. The van der Waals surface area contributed by atoms with Crippen LogP contribution in [0.2, 0.25) is 0 Å². The minimum Gasteiger partial charge on any atom is -0.462 e. The van der Waals surface area contributed by atoms with Crippen LogP contribution in [0.4, 0.5) is 0 Å². The Labute approximate surface area is 506 Å². The molecule has 0 radical (unpaired) electrons. The van der Waals surface area contributed by atoms with Crippen molar-refractivity contribution in [1.29, 1.82) is 0 Å². The van der Waals surface area contributed by atoms with E-state index in [0.717, 1.165) is 83.5 Å². The van der Waals surface area contributed by atoms with Crippen molar-refractivity contribution in [3.63, 3.8) is 0 Å². The van der Waals surface area contributed by atoms with Crippen molar-refractivity contribution in [2.45, 2.75) is 302 Å². The van der Waals surface area contributed by atoms with Crippen LogP contribution in [0, 0.1) is 0 Å². The first kappa shape index (κ1) is 78.9. The Morgan fingerprint density at radius 3 is 1.04 bits per heavy atom. The van der Waals surface area contributed by atoms with Gasteiger partial charge in [-0.05, 0) is 96.3 Å². The molecule has 0 heterocycles. The second kappa shape index (κ2) is 62.5. The predicted molar refractivity (Wildman–Crippen MR) is 353 cm³/mol. The summed E-state index contributed by atoms with van der Waals surface area (Å²) < 4.78 is 34.7. The normalized spacial score (nSPS) is 13.8. The van der Waals surface area contributed by atoms with Crippen LogP contribution in [0.1, 0.15) is 296 Å². The Hall–Kier alpha value is -3.07. The predicted octanol–water partition coefficient (Wildman–Crippen LogP) is 21.9. The zero-order chi connectivity index (χ0) is 59.8. The molecule has 474 valence electrons. The van der Waals surface area contributed by atoms with Crippen LogP contribution in [0.5, 0.6) is 0 Å². The third-order valence-electron chi connectivity index (χ3n) is 14.6. The Balaban J connectivity index is 4.07. The van der Waals surface area contributed by atoms with Gasteiger partial charge in [0.1, 0.15) is 19.8 Å². The maximum absolute atomic E-state index is 12.9. The molecule has 0 bridgehead atoms. The van der Waals surface area contributed by atoms with E-state index >= 15 is 0 Å². The van der Waals surface area contributed by atoms with E-state index in [4.69, 9.17) is 18.5 Å². The smallest absolute Gasteiger partial charge is 0.462 e. The lowest BCUT2D eigenvalue weighted by Gasteiger charge is -2.24. The lowest BCUT2D eigenvalue weighted by molar-refractivity contribution is -0.870. The molecule has 0 fully saturated rings. The Morgan fingerprint density at radius 1 is 0.390 bits per heavy atom. The highest BCUT2D eigenvalue weighted by molar-refractivity contribution is 7.47. The number of unbranched alkanes of at least 4 members (excludes halogenated alkanes) is 32. The maximum Gasteiger partial charge on any atom is 0.472 e. The molecule has 0 aliphatic heterocycles. The standard InChI is InChI=1S/C72H128NO8P/c1-6-8-10-12-14-16-18-20-22-24-26-28-30-32-34-35-36-37-39-41-43-45-47-49-51-53-55-57-59-61-63-65-72(75)81-70(69-80-82(76,77)79-67-66-73(3,4)5)68-78-71(74)64-62-60-58-56-54-52-50-48-46-44-42-40-38-33-31-29-27-25-23-21-19-17-15-13-11-9-7-2/h8,10,14,16,19-22,25-28,31-34,70H,6-7,9,11-13,15,17-18,23-24,29-30,35-69H2,1-5H3/p+1/b10-8-,16-14-,21-19-,22-20-,27-25-,28-26-,33-31-,34-32-. The van der Waals surface area contributed by atoms with Gasteiger partial charge >= 0.3 is 19.8 Å². The molecule has 1 N–H and O–H groups in total. The zero-order valence-electron chi connectivity index (χ0n) is 54.0. The van der Waals surface area contributed by atoms with E-state index in [0.29, 0.717) is 17.4 Å². The van der Waals surface area contributed by atoms with Crippen LogP contribution in [0.3, 0.4) is 0 Å². The van der Waals surface area contributed by atoms with Gasteiger partial charge in [-0.15, -0.1) is 0 Å². The molecule has 0 saturated heterocycles. The highest BCUT2D eigenvalue weighted by Crippen LogP contribution is 2.43. The van der Waals surface area contributed by atoms with Gasteiger partial charge in [0.2, 0.25) is 0 Å². The molecule has 0 aromatic heterocycles. The van der Waals surface area contributed by atoms with Crippen molar-refractivity contribution in [3.8, 4) is 0 Å². The number of nitrogens with zero attached hydrogens (tertiary/aromatic N) is 1. The molecule has 0 rings (SSSR count). The molecular weight excluding hydrogens is 1040 g/mol. The number of quaternary nitrogens is 1. The van der Waals surface area contributed by atoms with E-state index in [1.165, 1.54) is 180 Å². The molecule has 0 aliphatic carbocycles. The third-order valence-corrected chi connectivity index (χ3v) is 15.6. The van der Waals surface area contributed by atoms with Gasteiger partial charge in [0, 0.05) is 12.8 Å².